The maximum absolute atomic E-state index is 12.0. The summed E-state index contributed by atoms with van der Waals surface area (Å²) in [6.45, 7) is 0. The fourth-order valence-electron chi connectivity index (χ4n) is 2.09. The number of fused-ring (bicyclic) bond motifs is 1. The van der Waals surface area contributed by atoms with E-state index < -0.39 is 10.0 Å². The van der Waals surface area contributed by atoms with Gasteiger partial charge in [-0.15, -0.1) is 0 Å². The summed E-state index contributed by atoms with van der Waals surface area (Å²) in [5.41, 5.74) is 0.538. The van der Waals surface area contributed by atoms with Gasteiger partial charge < -0.3 is 4.42 Å². The number of anilines is 1. The molecule has 0 amide bonds. The number of nitrogens with one attached hydrogen (secondary N) is 1. The second kappa shape index (κ2) is 6.10. The zero-order valence-corrected chi connectivity index (χ0v) is 13.8. The molecule has 0 aliphatic carbocycles. The van der Waals surface area contributed by atoms with Gasteiger partial charge in [0.25, 0.3) is 0 Å². The van der Waals surface area contributed by atoms with E-state index in [0.29, 0.717) is 21.6 Å². The first-order valence-corrected chi connectivity index (χ1v) is 9.39. The molecule has 0 radical (unpaired) electrons. The Morgan fingerprint density at radius 2 is 1.83 bits per heavy atom. The fourth-order valence-corrected chi connectivity index (χ4v) is 3.67. The lowest BCUT2D eigenvalue weighted by atomic mass is 10.2. The van der Waals surface area contributed by atoms with Gasteiger partial charge >= 0.3 is 0 Å². The van der Waals surface area contributed by atoms with Gasteiger partial charge in [0.05, 0.1) is 23.6 Å². The predicted octanol–water partition coefficient (Wildman–Crippen LogP) is 3.32. The van der Waals surface area contributed by atoms with Crippen molar-refractivity contribution in [1.82, 2.24) is 0 Å². The summed E-state index contributed by atoms with van der Waals surface area (Å²) in [6, 6.07) is 14.0. The molecule has 0 unspecified atom stereocenters. The van der Waals surface area contributed by atoms with Gasteiger partial charge in [-0.2, -0.15) is 0 Å². The van der Waals surface area contributed by atoms with Crippen LogP contribution in [0, 0.1) is 0 Å². The number of hydrogen-bond donors (Lipinski definition) is 1. The van der Waals surface area contributed by atoms with E-state index in [1.54, 1.807) is 6.07 Å². The van der Waals surface area contributed by atoms with Crippen LogP contribution in [0.15, 0.2) is 73.8 Å². The minimum absolute atomic E-state index is 0.174. The highest BCUT2D eigenvalue weighted by Crippen LogP contribution is 2.36. The van der Waals surface area contributed by atoms with E-state index in [9.17, 15) is 13.2 Å². The van der Waals surface area contributed by atoms with Crippen molar-refractivity contribution in [3.05, 3.63) is 65.0 Å². The van der Waals surface area contributed by atoms with Gasteiger partial charge in [-0.05, 0) is 18.2 Å². The lowest BCUT2D eigenvalue weighted by Crippen LogP contribution is -2.11. The van der Waals surface area contributed by atoms with E-state index in [1.807, 2.05) is 30.3 Å². The molecule has 1 aromatic heterocycles. The Balaban J connectivity index is 2.17. The molecule has 2 aromatic carbocycles. The smallest absolute Gasteiger partial charge is 0.229 e. The molecule has 0 saturated carbocycles. The molecule has 3 aromatic rings. The van der Waals surface area contributed by atoms with Crippen molar-refractivity contribution in [2.45, 2.75) is 9.79 Å². The van der Waals surface area contributed by atoms with Crippen molar-refractivity contribution in [1.29, 1.82) is 0 Å². The Labute approximate surface area is 137 Å². The normalized spacial score (nSPS) is 11.5. The quantitative estimate of drug-likeness (QED) is 0.783. The summed E-state index contributed by atoms with van der Waals surface area (Å²) in [5.74, 6) is 0. The van der Waals surface area contributed by atoms with Gasteiger partial charge in [-0.3, -0.25) is 9.52 Å². The highest BCUT2D eigenvalue weighted by Gasteiger charge is 2.13. The van der Waals surface area contributed by atoms with Crippen molar-refractivity contribution in [3.8, 4) is 0 Å². The van der Waals surface area contributed by atoms with Crippen LogP contribution in [-0.2, 0) is 10.0 Å². The highest BCUT2D eigenvalue weighted by atomic mass is 32.2. The van der Waals surface area contributed by atoms with Gasteiger partial charge in [0, 0.05) is 21.9 Å². The first-order valence-electron chi connectivity index (χ1n) is 6.69. The average Bonchev–Trinajstić information content (AvgIpc) is 2.48. The maximum atomic E-state index is 12.0. The zero-order chi connectivity index (χ0) is 16.4. The summed E-state index contributed by atoms with van der Waals surface area (Å²) in [5, 5.41) is 0.407. The van der Waals surface area contributed by atoms with Crippen LogP contribution in [-0.4, -0.2) is 14.7 Å². The minimum atomic E-state index is -3.45. The highest BCUT2D eigenvalue weighted by molar-refractivity contribution is 7.99. The maximum Gasteiger partial charge on any atom is 0.229 e. The second-order valence-electron chi connectivity index (χ2n) is 4.92. The van der Waals surface area contributed by atoms with Gasteiger partial charge in [0.15, 0.2) is 5.43 Å². The largest absolute Gasteiger partial charge is 0.464 e. The molecule has 7 heteroatoms. The van der Waals surface area contributed by atoms with Gasteiger partial charge in [0.2, 0.25) is 10.0 Å². The molecule has 0 atom stereocenters. The molecule has 0 aliphatic rings. The van der Waals surface area contributed by atoms with Gasteiger partial charge in [0.1, 0.15) is 5.58 Å². The van der Waals surface area contributed by atoms with E-state index in [2.05, 4.69) is 4.72 Å². The Bertz CT molecular complexity index is 1010. The van der Waals surface area contributed by atoms with Crippen LogP contribution in [0.25, 0.3) is 11.0 Å². The fraction of sp³-hybridized carbons (Fsp3) is 0.0625. The average molecular weight is 347 g/mol. The molecule has 118 valence electrons. The molecular formula is C16H13NO4S2. The SMILES string of the molecule is CS(=O)(=O)Nc1cc2occc(=O)c2cc1Sc1ccccc1. The molecule has 1 N–H and O–H groups in total. The van der Waals surface area contributed by atoms with Crippen LogP contribution >= 0.6 is 11.8 Å². The monoisotopic (exact) mass is 347 g/mol. The third-order valence-corrected chi connectivity index (χ3v) is 4.68. The van der Waals surface area contributed by atoms with Crippen molar-refractivity contribution in [2.75, 3.05) is 11.0 Å². The number of hydrogen-bond acceptors (Lipinski definition) is 5. The first kappa shape index (κ1) is 15.6. The topological polar surface area (TPSA) is 76.4 Å². The summed E-state index contributed by atoms with van der Waals surface area (Å²) < 4.78 is 31.0. The van der Waals surface area contributed by atoms with E-state index in [1.165, 1.54) is 30.2 Å². The zero-order valence-electron chi connectivity index (χ0n) is 12.1. The van der Waals surface area contributed by atoms with E-state index in [-0.39, 0.29) is 5.43 Å². The molecule has 23 heavy (non-hydrogen) atoms. The van der Waals surface area contributed by atoms with Gasteiger partial charge in [-0.25, -0.2) is 8.42 Å². The molecule has 0 saturated heterocycles. The standard InChI is InChI=1S/C16H13NO4S2/c1-23(19,20)17-13-10-15-12(14(18)7-8-21-15)9-16(13)22-11-5-3-2-4-6-11/h2-10,17H,1H3. The predicted molar refractivity (Wildman–Crippen MR) is 91.5 cm³/mol. The molecule has 1 heterocycles. The Hall–Kier alpha value is -2.25. The van der Waals surface area contributed by atoms with Crippen molar-refractivity contribution in [3.63, 3.8) is 0 Å². The molecule has 0 fully saturated rings. The van der Waals surface area contributed by atoms with Crippen molar-refractivity contribution < 1.29 is 12.8 Å². The second-order valence-corrected chi connectivity index (χ2v) is 7.78. The van der Waals surface area contributed by atoms with Crippen LogP contribution in [0.4, 0.5) is 5.69 Å². The Morgan fingerprint density at radius 1 is 1.09 bits per heavy atom. The van der Waals surface area contributed by atoms with E-state index in [4.69, 9.17) is 4.42 Å². The first-order chi connectivity index (χ1) is 10.9. The summed E-state index contributed by atoms with van der Waals surface area (Å²) in [7, 11) is -3.45. The van der Waals surface area contributed by atoms with Crippen molar-refractivity contribution >= 4 is 38.4 Å². The van der Waals surface area contributed by atoms with Crippen molar-refractivity contribution in [2.24, 2.45) is 0 Å². The molecule has 0 bridgehead atoms. The molecule has 5 nitrogen and oxygen atoms in total. The number of rotatable bonds is 4. The van der Waals surface area contributed by atoms with Crippen LogP contribution in [0.1, 0.15) is 0 Å². The van der Waals surface area contributed by atoms with Crippen LogP contribution < -0.4 is 10.2 Å². The summed E-state index contributed by atoms with van der Waals surface area (Å²) >= 11 is 1.37. The summed E-state index contributed by atoms with van der Waals surface area (Å²) in [4.78, 5) is 13.5. The lowest BCUT2D eigenvalue weighted by molar-refractivity contribution is 0.602. The van der Waals surface area contributed by atoms with Gasteiger partial charge in [-0.1, -0.05) is 30.0 Å². The number of benzene rings is 2. The third-order valence-electron chi connectivity index (χ3n) is 3.03. The minimum Gasteiger partial charge on any atom is -0.464 e. The third kappa shape index (κ3) is 3.75. The summed E-state index contributed by atoms with van der Waals surface area (Å²) in [6.07, 6.45) is 2.37. The molecule has 0 spiro atoms. The van der Waals surface area contributed by atoms with E-state index >= 15 is 0 Å². The molecular weight excluding hydrogens is 334 g/mol. The number of sulfonamides is 1. The van der Waals surface area contributed by atoms with Crippen LogP contribution in [0.5, 0.6) is 0 Å². The Kier molecular flexibility index (Phi) is 4.14. The van der Waals surface area contributed by atoms with Crippen LogP contribution in [0.2, 0.25) is 0 Å². The van der Waals surface area contributed by atoms with E-state index in [0.717, 1.165) is 11.2 Å². The molecule has 3 rings (SSSR count). The Morgan fingerprint density at radius 3 is 2.52 bits per heavy atom. The molecule has 0 aliphatic heterocycles. The lowest BCUT2D eigenvalue weighted by Gasteiger charge is -2.11. The van der Waals surface area contributed by atoms with Crippen LogP contribution in [0.3, 0.4) is 0 Å².